The van der Waals surface area contributed by atoms with E-state index in [1.165, 1.54) is 5.56 Å². The summed E-state index contributed by atoms with van der Waals surface area (Å²) in [5, 5.41) is 2.06. The molecule has 0 bridgehead atoms. The molecule has 0 aromatic carbocycles. The second-order valence-electron chi connectivity index (χ2n) is 2.51. The van der Waals surface area contributed by atoms with Gasteiger partial charge in [0.25, 0.3) is 0 Å². The van der Waals surface area contributed by atoms with Gasteiger partial charge in [0, 0.05) is 12.4 Å². The highest BCUT2D eigenvalue weighted by Crippen LogP contribution is 2.24. The van der Waals surface area contributed by atoms with Crippen molar-refractivity contribution < 1.29 is 0 Å². The van der Waals surface area contributed by atoms with Gasteiger partial charge >= 0.3 is 0 Å². The largest absolute Gasteiger partial charge is 0.236 e. The van der Waals surface area contributed by atoms with Gasteiger partial charge < -0.3 is 0 Å². The van der Waals surface area contributed by atoms with Gasteiger partial charge in [-0.1, -0.05) is 13.8 Å². The standard InChI is InChI=1S/C9H8N2S.C2H6/c1-7-3-6-12-8(7)9-10-4-2-5-11-9;1-2/h2-6H,1H3;1-2H3. The highest BCUT2D eigenvalue weighted by molar-refractivity contribution is 7.13. The van der Waals surface area contributed by atoms with Crippen molar-refractivity contribution in [1.29, 1.82) is 0 Å². The predicted octanol–water partition coefficient (Wildman–Crippen LogP) is 3.54. The fraction of sp³-hybridized carbons (Fsp3) is 0.273. The molecule has 0 saturated heterocycles. The third-order valence-electron chi connectivity index (χ3n) is 1.63. The molecule has 0 spiro atoms. The van der Waals surface area contributed by atoms with E-state index >= 15 is 0 Å². The first-order chi connectivity index (χ1) is 6.88. The molecule has 0 aliphatic heterocycles. The first-order valence-corrected chi connectivity index (χ1v) is 5.57. The molecule has 0 radical (unpaired) electrons. The topological polar surface area (TPSA) is 25.8 Å². The van der Waals surface area contributed by atoms with Crippen LogP contribution in [-0.4, -0.2) is 9.97 Å². The summed E-state index contributed by atoms with van der Waals surface area (Å²) in [6.45, 7) is 6.07. The van der Waals surface area contributed by atoms with E-state index in [1.807, 2.05) is 19.9 Å². The van der Waals surface area contributed by atoms with Crippen LogP contribution in [-0.2, 0) is 0 Å². The Morgan fingerprint density at radius 3 is 2.29 bits per heavy atom. The number of thiophene rings is 1. The van der Waals surface area contributed by atoms with Crippen LogP contribution < -0.4 is 0 Å². The van der Waals surface area contributed by atoms with E-state index in [9.17, 15) is 0 Å². The lowest BCUT2D eigenvalue weighted by Crippen LogP contribution is -1.84. The van der Waals surface area contributed by atoms with Gasteiger partial charge in [-0.2, -0.15) is 0 Å². The van der Waals surface area contributed by atoms with Crippen LogP contribution in [0.4, 0.5) is 0 Å². The van der Waals surface area contributed by atoms with Gasteiger partial charge in [0.1, 0.15) is 0 Å². The summed E-state index contributed by atoms with van der Waals surface area (Å²) >= 11 is 1.68. The highest BCUT2D eigenvalue weighted by Gasteiger charge is 2.03. The first kappa shape index (κ1) is 10.9. The normalized spacial score (nSPS) is 9.07. The predicted molar refractivity (Wildman–Crippen MR) is 61.4 cm³/mol. The zero-order chi connectivity index (χ0) is 10.4. The fourth-order valence-corrected chi connectivity index (χ4v) is 1.89. The minimum Gasteiger partial charge on any atom is -0.236 e. The molecule has 3 heteroatoms. The van der Waals surface area contributed by atoms with Crippen molar-refractivity contribution in [2.24, 2.45) is 0 Å². The average Bonchev–Trinajstić information content (AvgIpc) is 2.69. The van der Waals surface area contributed by atoms with Gasteiger partial charge in [-0.15, -0.1) is 11.3 Å². The van der Waals surface area contributed by atoms with Crippen molar-refractivity contribution in [3.63, 3.8) is 0 Å². The molecule has 2 nitrogen and oxygen atoms in total. The molecule has 0 atom stereocenters. The van der Waals surface area contributed by atoms with E-state index in [2.05, 4.69) is 28.3 Å². The van der Waals surface area contributed by atoms with Gasteiger partial charge in [-0.3, -0.25) is 0 Å². The van der Waals surface area contributed by atoms with Crippen molar-refractivity contribution >= 4 is 11.3 Å². The van der Waals surface area contributed by atoms with Gasteiger partial charge in [0.15, 0.2) is 5.82 Å². The summed E-state index contributed by atoms with van der Waals surface area (Å²) in [6.07, 6.45) is 3.53. The highest BCUT2D eigenvalue weighted by atomic mass is 32.1. The monoisotopic (exact) mass is 206 g/mol. The molecule has 0 amide bonds. The number of aromatic nitrogens is 2. The van der Waals surface area contributed by atoms with Crippen LogP contribution in [0.1, 0.15) is 19.4 Å². The summed E-state index contributed by atoms with van der Waals surface area (Å²) in [6, 6.07) is 3.91. The van der Waals surface area contributed by atoms with E-state index in [4.69, 9.17) is 0 Å². The Hall–Kier alpha value is -1.22. The van der Waals surface area contributed by atoms with Crippen LogP contribution in [0, 0.1) is 6.92 Å². The number of rotatable bonds is 1. The van der Waals surface area contributed by atoms with Crippen LogP contribution >= 0.6 is 11.3 Å². The molecule has 74 valence electrons. The van der Waals surface area contributed by atoms with E-state index in [-0.39, 0.29) is 0 Å². The molecule has 2 aromatic heterocycles. The minimum absolute atomic E-state index is 0.824. The fourth-order valence-electron chi connectivity index (χ4n) is 1.02. The molecule has 0 unspecified atom stereocenters. The summed E-state index contributed by atoms with van der Waals surface area (Å²) in [5.74, 6) is 0.824. The maximum absolute atomic E-state index is 4.18. The Bertz CT molecular complexity index is 368. The first-order valence-electron chi connectivity index (χ1n) is 4.69. The molecule has 0 fully saturated rings. The zero-order valence-electron chi connectivity index (χ0n) is 8.69. The SMILES string of the molecule is CC.Cc1ccsc1-c1ncccn1. The molecule has 0 aliphatic carbocycles. The zero-order valence-corrected chi connectivity index (χ0v) is 9.51. The Morgan fingerprint density at radius 1 is 1.14 bits per heavy atom. The molecule has 2 aromatic rings. The van der Waals surface area contributed by atoms with E-state index in [0.29, 0.717) is 0 Å². The summed E-state index contributed by atoms with van der Waals surface area (Å²) < 4.78 is 0. The molecule has 14 heavy (non-hydrogen) atoms. The minimum atomic E-state index is 0.824. The second-order valence-corrected chi connectivity index (χ2v) is 3.42. The van der Waals surface area contributed by atoms with Crippen molar-refractivity contribution in [2.75, 3.05) is 0 Å². The number of hydrogen-bond acceptors (Lipinski definition) is 3. The lowest BCUT2D eigenvalue weighted by molar-refractivity contribution is 1.18. The Morgan fingerprint density at radius 2 is 1.79 bits per heavy atom. The summed E-state index contributed by atoms with van der Waals surface area (Å²) in [4.78, 5) is 9.53. The van der Waals surface area contributed by atoms with Crippen LogP contribution in [0.5, 0.6) is 0 Å². The molecule has 0 N–H and O–H groups in total. The summed E-state index contributed by atoms with van der Waals surface area (Å²) in [7, 11) is 0. The van der Waals surface area contributed by atoms with Crippen molar-refractivity contribution in [1.82, 2.24) is 9.97 Å². The van der Waals surface area contributed by atoms with Gasteiger partial charge in [-0.05, 0) is 30.0 Å². The van der Waals surface area contributed by atoms with E-state index < -0.39 is 0 Å². The Kier molecular flexibility index (Phi) is 4.26. The molecular formula is C11H14N2S. The average molecular weight is 206 g/mol. The molecule has 0 saturated carbocycles. The molecule has 0 aliphatic rings. The number of aryl methyl sites for hydroxylation is 1. The molecular weight excluding hydrogens is 192 g/mol. The van der Waals surface area contributed by atoms with Crippen molar-refractivity contribution in [3.8, 4) is 10.7 Å². The third-order valence-corrected chi connectivity index (χ3v) is 2.64. The van der Waals surface area contributed by atoms with Gasteiger partial charge in [0.2, 0.25) is 0 Å². The van der Waals surface area contributed by atoms with Crippen LogP contribution in [0.2, 0.25) is 0 Å². The van der Waals surface area contributed by atoms with Crippen LogP contribution in [0.15, 0.2) is 29.9 Å². The maximum atomic E-state index is 4.18. The second kappa shape index (κ2) is 5.50. The van der Waals surface area contributed by atoms with E-state index in [1.54, 1.807) is 23.7 Å². The lowest BCUT2D eigenvalue weighted by Gasteiger charge is -1.95. The van der Waals surface area contributed by atoms with Crippen molar-refractivity contribution in [2.45, 2.75) is 20.8 Å². The van der Waals surface area contributed by atoms with Crippen LogP contribution in [0.25, 0.3) is 10.7 Å². The van der Waals surface area contributed by atoms with Crippen molar-refractivity contribution in [3.05, 3.63) is 35.5 Å². The third kappa shape index (κ3) is 2.39. The van der Waals surface area contributed by atoms with E-state index in [0.717, 1.165) is 10.7 Å². The molecule has 2 heterocycles. The van der Waals surface area contributed by atoms with Gasteiger partial charge in [0.05, 0.1) is 4.88 Å². The smallest absolute Gasteiger partial charge is 0.169 e. The quantitative estimate of drug-likeness (QED) is 0.713. The van der Waals surface area contributed by atoms with Crippen LogP contribution in [0.3, 0.4) is 0 Å². The molecule has 2 rings (SSSR count). The Labute approximate surface area is 88.7 Å². The maximum Gasteiger partial charge on any atom is 0.169 e. The summed E-state index contributed by atoms with van der Waals surface area (Å²) in [5.41, 5.74) is 1.24. The number of hydrogen-bond donors (Lipinski definition) is 0. The Balaban J connectivity index is 0.000000461. The number of nitrogens with zero attached hydrogens (tertiary/aromatic N) is 2. The lowest BCUT2D eigenvalue weighted by atomic mass is 10.3. The van der Waals surface area contributed by atoms with Gasteiger partial charge in [-0.25, -0.2) is 9.97 Å².